The van der Waals surface area contributed by atoms with Gasteiger partial charge in [0.15, 0.2) is 0 Å². The Hall–Kier alpha value is -1.66. The van der Waals surface area contributed by atoms with Crippen molar-refractivity contribution in [2.45, 2.75) is 26.1 Å². The van der Waals surface area contributed by atoms with E-state index in [0.717, 1.165) is 31.9 Å². The van der Waals surface area contributed by atoms with Gasteiger partial charge in [0.1, 0.15) is 5.69 Å². The van der Waals surface area contributed by atoms with E-state index in [1.807, 2.05) is 6.07 Å². The summed E-state index contributed by atoms with van der Waals surface area (Å²) in [5.41, 5.74) is 9.87. The molecule has 1 aliphatic heterocycles. The molecule has 6 heteroatoms. The molecule has 1 fully saturated rings. The largest absolute Gasteiger partial charge is 0.326 e. The Kier molecular flexibility index (Phi) is 6.14. The van der Waals surface area contributed by atoms with Gasteiger partial charge in [-0.15, -0.1) is 23.7 Å². The first-order valence-electron chi connectivity index (χ1n) is 8.81. The van der Waals surface area contributed by atoms with E-state index in [1.54, 1.807) is 11.3 Å². The van der Waals surface area contributed by atoms with Crippen LogP contribution in [-0.4, -0.2) is 33.8 Å². The molecule has 2 unspecified atom stereocenters. The van der Waals surface area contributed by atoms with E-state index < -0.39 is 0 Å². The Morgan fingerprint density at radius 3 is 2.58 bits per heavy atom. The number of nitrogens with two attached hydrogens (primary N) is 1. The predicted molar refractivity (Wildman–Crippen MR) is 111 cm³/mol. The molecule has 1 saturated heterocycles. The van der Waals surface area contributed by atoms with Gasteiger partial charge in [-0.2, -0.15) is 5.10 Å². The summed E-state index contributed by atoms with van der Waals surface area (Å²) in [6.07, 6.45) is 2.20. The van der Waals surface area contributed by atoms with Gasteiger partial charge in [0.05, 0.1) is 11.4 Å². The van der Waals surface area contributed by atoms with Gasteiger partial charge < -0.3 is 5.73 Å². The summed E-state index contributed by atoms with van der Waals surface area (Å²) in [7, 11) is 0. The van der Waals surface area contributed by atoms with Crippen molar-refractivity contribution in [3.63, 3.8) is 0 Å². The van der Waals surface area contributed by atoms with Crippen LogP contribution in [0.4, 0.5) is 0 Å². The van der Waals surface area contributed by atoms with Crippen LogP contribution in [0.15, 0.2) is 54.0 Å². The monoisotopic (exact) mass is 388 g/mol. The third-order valence-corrected chi connectivity index (χ3v) is 5.80. The molecule has 3 heterocycles. The summed E-state index contributed by atoms with van der Waals surface area (Å²) in [5.74, 6) is 0.560. The maximum Gasteiger partial charge on any atom is 0.107 e. The second kappa shape index (κ2) is 8.35. The van der Waals surface area contributed by atoms with E-state index in [1.165, 1.54) is 16.0 Å². The molecule has 0 bridgehead atoms. The summed E-state index contributed by atoms with van der Waals surface area (Å²) in [5, 5.41) is 7.01. The van der Waals surface area contributed by atoms with Crippen LogP contribution >= 0.6 is 23.7 Å². The minimum Gasteiger partial charge on any atom is -0.326 e. The highest BCUT2D eigenvalue weighted by Gasteiger charge is 2.27. The van der Waals surface area contributed by atoms with Crippen LogP contribution in [0, 0.1) is 5.92 Å². The van der Waals surface area contributed by atoms with Gasteiger partial charge in [-0.25, -0.2) is 0 Å². The van der Waals surface area contributed by atoms with Crippen LogP contribution in [0.2, 0.25) is 0 Å². The first-order chi connectivity index (χ1) is 12.2. The van der Waals surface area contributed by atoms with Gasteiger partial charge in [-0.3, -0.25) is 9.58 Å². The molecule has 0 aliphatic carbocycles. The van der Waals surface area contributed by atoms with Crippen molar-refractivity contribution >= 4 is 23.7 Å². The molecule has 26 heavy (non-hydrogen) atoms. The van der Waals surface area contributed by atoms with Gasteiger partial charge in [0.2, 0.25) is 0 Å². The first-order valence-corrected chi connectivity index (χ1v) is 9.69. The average Bonchev–Trinajstić information content (AvgIpc) is 3.31. The van der Waals surface area contributed by atoms with E-state index in [0.29, 0.717) is 5.92 Å². The number of benzene rings is 1. The SMILES string of the molecule is CC1CN(Cc2cn(Cc3ccccc3)nc2-c2cccs2)CC1N.Cl. The molecule has 0 saturated carbocycles. The standard InChI is InChI=1S/C20H24N4S.ClH/c1-15-10-23(14-18(15)21)12-17-13-24(11-16-6-3-2-4-7-16)22-20(17)19-8-5-9-25-19;/h2-9,13,15,18H,10-12,14,21H2,1H3;1H. The lowest BCUT2D eigenvalue weighted by molar-refractivity contribution is 0.319. The number of hydrogen-bond acceptors (Lipinski definition) is 4. The highest BCUT2D eigenvalue weighted by atomic mass is 35.5. The average molecular weight is 389 g/mol. The Morgan fingerprint density at radius 1 is 1.12 bits per heavy atom. The minimum atomic E-state index is 0. The first kappa shape index (κ1) is 19.1. The lowest BCUT2D eigenvalue weighted by Crippen LogP contribution is -2.28. The zero-order valence-corrected chi connectivity index (χ0v) is 16.5. The number of hydrogen-bond donors (Lipinski definition) is 1. The summed E-state index contributed by atoms with van der Waals surface area (Å²) >= 11 is 1.75. The fraction of sp³-hybridized carbons (Fsp3) is 0.350. The Morgan fingerprint density at radius 2 is 1.92 bits per heavy atom. The van der Waals surface area contributed by atoms with Crippen LogP contribution in [0.3, 0.4) is 0 Å². The van der Waals surface area contributed by atoms with Crippen LogP contribution < -0.4 is 5.73 Å². The van der Waals surface area contributed by atoms with E-state index in [-0.39, 0.29) is 18.4 Å². The smallest absolute Gasteiger partial charge is 0.107 e. The molecule has 0 amide bonds. The number of likely N-dealkylation sites (tertiary alicyclic amines) is 1. The van der Waals surface area contributed by atoms with Crippen molar-refractivity contribution in [3.8, 4) is 10.6 Å². The molecule has 3 aromatic rings. The fourth-order valence-electron chi connectivity index (χ4n) is 3.52. The van der Waals surface area contributed by atoms with Crippen molar-refractivity contribution in [3.05, 3.63) is 65.2 Å². The quantitative estimate of drug-likeness (QED) is 0.721. The lowest BCUT2D eigenvalue weighted by Gasteiger charge is -2.14. The fourth-order valence-corrected chi connectivity index (χ4v) is 4.26. The molecule has 2 N–H and O–H groups in total. The van der Waals surface area contributed by atoms with Gasteiger partial charge in [0, 0.05) is 37.4 Å². The third kappa shape index (κ3) is 4.18. The molecular weight excluding hydrogens is 364 g/mol. The molecule has 4 nitrogen and oxygen atoms in total. The van der Waals surface area contributed by atoms with Crippen LogP contribution in [-0.2, 0) is 13.1 Å². The highest BCUT2D eigenvalue weighted by Crippen LogP contribution is 2.29. The number of aromatic nitrogens is 2. The molecule has 2 aromatic heterocycles. The van der Waals surface area contributed by atoms with Crippen molar-refractivity contribution in [2.75, 3.05) is 13.1 Å². The summed E-state index contributed by atoms with van der Waals surface area (Å²) in [6, 6.07) is 15.0. The van der Waals surface area contributed by atoms with Gasteiger partial charge >= 0.3 is 0 Å². The summed E-state index contributed by atoms with van der Waals surface area (Å²) in [4.78, 5) is 3.69. The molecule has 1 aromatic carbocycles. The number of nitrogens with zero attached hydrogens (tertiary/aromatic N) is 3. The Labute approximate surface area is 165 Å². The molecule has 0 spiro atoms. The van der Waals surface area contributed by atoms with Crippen molar-refractivity contribution in [1.82, 2.24) is 14.7 Å². The third-order valence-electron chi connectivity index (χ3n) is 4.92. The zero-order valence-electron chi connectivity index (χ0n) is 14.9. The maximum absolute atomic E-state index is 6.20. The Balaban J connectivity index is 0.00000196. The van der Waals surface area contributed by atoms with E-state index in [4.69, 9.17) is 10.8 Å². The predicted octanol–water partition coefficient (Wildman–Crippen LogP) is 3.86. The van der Waals surface area contributed by atoms with Gasteiger partial charge in [-0.1, -0.05) is 43.3 Å². The van der Waals surface area contributed by atoms with Crippen LogP contribution in [0.1, 0.15) is 18.1 Å². The molecule has 1 aliphatic rings. The minimum absolute atomic E-state index is 0. The van der Waals surface area contributed by atoms with Crippen molar-refractivity contribution in [2.24, 2.45) is 11.7 Å². The second-order valence-corrected chi connectivity index (χ2v) is 7.95. The van der Waals surface area contributed by atoms with E-state index in [9.17, 15) is 0 Å². The lowest BCUT2D eigenvalue weighted by atomic mass is 10.1. The van der Waals surface area contributed by atoms with Gasteiger partial charge in [-0.05, 0) is 22.9 Å². The molecular formula is C20H25ClN4S. The van der Waals surface area contributed by atoms with Crippen LogP contribution in [0.5, 0.6) is 0 Å². The molecule has 4 rings (SSSR count). The molecule has 0 radical (unpaired) electrons. The molecule has 2 atom stereocenters. The normalized spacial score (nSPS) is 20.2. The summed E-state index contributed by atoms with van der Waals surface area (Å²) in [6.45, 7) is 5.99. The maximum atomic E-state index is 6.20. The second-order valence-electron chi connectivity index (χ2n) is 7.00. The number of rotatable bonds is 5. The summed E-state index contributed by atoms with van der Waals surface area (Å²) < 4.78 is 2.07. The highest BCUT2D eigenvalue weighted by molar-refractivity contribution is 7.13. The van der Waals surface area contributed by atoms with Crippen molar-refractivity contribution in [1.29, 1.82) is 0 Å². The molecule has 138 valence electrons. The Bertz CT molecular complexity index is 806. The topological polar surface area (TPSA) is 47.1 Å². The number of halogens is 1. The number of thiophene rings is 1. The van der Waals surface area contributed by atoms with Gasteiger partial charge in [0.25, 0.3) is 0 Å². The van der Waals surface area contributed by atoms with Crippen LogP contribution in [0.25, 0.3) is 10.6 Å². The zero-order chi connectivity index (χ0) is 17.2. The van der Waals surface area contributed by atoms with E-state index in [2.05, 4.69) is 64.5 Å². The van der Waals surface area contributed by atoms with Crippen molar-refractivity contribution < 1.29 is 0 Å². The van der Waals surface area contributed by atoms with E-state index >= 15 is 0 Å².